The normalized spacial score (nSPS) is 20.0. The lowest BCUT2D eigenvalue weighted by Crippen LogP contribution is -2.30. The van der Waals surface area contributed by atoms with Gasteiger partial charge in [0.15, 0.2) is 0 Å². The Balaban J connectivity index is 1.93. The van der Waals surface area contributed by atoms with Gasteiger partial charge in [-0.1, -0.05) is 18.0 Å². The zero-order chi connectivity index (χ0) is 5.82. The van der Waals surface area contributed by atoms with Crippen molar-refractivity contribution in [3.63, 3.8) is 0 Å². The summed E-state index contributed by atoms with van der Waals surface area (Å²) in [5, 5.41) is 0. The van der Waals surface area contributed by atoms with Crippen LogP contribution in [0.25, 0.3) is 0 Å². The van der Waals surface area contributed by atoms with Crippen LogP contribution in [0.5, 0.6) is 0 Å². The Kier molecular flexibility index (Phi) is 2.43. The van der Waals surface area contributed by atoms with Crippen LogP contribution in [-0.2, 0) is 0 Å². The van der Waals surface area contributed by atoms with Crippen molar-refractivity contribution >= 4 is 11.9 Å². The Morgan fingerprint density at radius 2 is 2.38 bits per heavy atom. The summed E-state index contributed by atoms with van der Waals surface area (Å²) in [6.45, 7) is 6.20. The van der Waals surface area contributed by atoms with Crippen molar-refractivity contribution in [2.75, 3.05) is 18.8 Å². The van der Waals surface area contributed by atoms with Crippen molar-refractivity contribution < 1.29 is 0 Å². The van der Waals surface area contributed by atoms with Gasteiger partial charge >= 0.3 is 0 Å². The summed E-state index contributed by atoms with van der Waals surface area (Å²) in [7, 11) is 0. The fourth-order valence-electron chi connectivity index (χ4n) is 0.574. The highest BCUT2D eigenvalue weighted by Crippen LogP contribution is 2.17. The van der Waals surface area contributed by atoms with Crippen LogP contribution < -0.4 is 0 Å². The van der Waals surface area contributed by atoms with Crippen molar-refractivity contribution in [1.82, 2.24) is 4.31 Å². The summed E-state index contributed by atoms with van der Waals surface area (Å²) in [5.74, 6) is 1.07. The van der Waals surface area contributed by atoms with E-state index >= 15 is 0 Å². The lowest BCUT2D eigenvalue weighted by atomic mass is 10.3. The molecule has 0 aromatic carbocycles. The maximum Gasteiger partial charge on any atom is 0.0259 e. The molecule has 0 radical (unpaired) electrons. The minimum atomic E-state index is 1.07. The molecular formula is C6H11NS. The Morgan fingerprint density at radius 1 is 1.62 bits per heavy atom. The van der Waals surface area contributed by atoms with Gasteiger partial charge in [0.2, 0.25) is 0 Å². The molecule has 8 heavy (non-hydrogen) atoms. The van der Waals surface area contributed by atoms with Crippen LogP contribution in [0.15, 0.2) is 12.7 Å². The molecule has 1 heterocycles. The molecule has 1 aliphatic rings. The molecular weight excluding hydrogens is 118 g/mol. The van der Waals surface area contributed by atoms with Crippen LogP contribution in [0.2, 0.25) is 0 Å². The van der Waals surface area contributed by atoms with Gasteiger partial charge in [0.05, 0.1) is 0 Å². The molecule has 0 spiro atoms. The van der Waals surface area contributed by atoms with Crippen molar-refractivity contribution in [3.05, 3.63) is 12.7 Å². The largest absolute Gasteiger partial charge is 0.250 e. The summed E-state index contributed by atoms with van der Waals surface area (Å²) >= 11 is 1.88. The van der Waals surface area contributed by atoms with Crippen molar-refractivity contribution in [1.29, 1.82) is 0 Å². The molecule has 0 aliphatic carbocycles. The van der Waals surface area contributed by atoms with Crippen LogP contribution in [0.4, 0.5) is 0 Å². The van der Waals surface area contributed by atoms with Crippen LogP contribution in [0, 0.1) is 0 Å². The van der Waals surface area contributed by atoms with E-state index in [0.717, 1.165) is 5.75 Å². The summed E-state index contributed by atoms with van der Waals surface area (Å²) in [5.41, 5.74) is 0. The summed E-state index contributed by atoms with van der Waals surface area (Å²) in [6.07, 6.45) is 3.33. The van der Waals surface area contributed by atoms with E-state index in [9.17, 15) is 0 Å². The van der Waals surface area contributed by atoms with Gasteiger partial charge in [-0.2, -0.15) is 0 Å². The molecule has 1 nitrogen and oxygen atoms in total. The third-order valence-electron chi connectivity index (χ3n) is 1.19. The molecule has 1 fully saturated rings. The molecule has 0 N–H and O–H groups in total. The molecule has 0 bridgehead atoms. The lowest BCUT2D eigenvalue weighted by molar-refractivity contribution is 0.344. The van der Waals surface area contributed by atoms with Gasteiger partial charge in [0.1, 0.15) is 0 Å². The van der Waals surface area contributed by atoms with E-state index in [1.807, 2.05) is 18.0 Å². The molecule has 0 atom stereocenters. The van der Waals surface area contributed by atoms with E-state index in [0.29, 0.717) is 0 Å². The highest BCUT2D eigenvalue weighted by Gasteiger charge is 2.11. The second kappa shape index (κ2) is 3.15. The molecule has 1 aliphatic heterocycles. The zero-order valence-corrected chi connectivity index (χ0v) is 5.78. The van der Waals surface area contributed by atoms with Crippen LogP contribution >= 0.6 is 11.9 Å². The van der Waals surface area contributed by atoms with E-state index in [2.05, 4.69) is 10.9 Å². The first kappa shape index (κ1) is 6.17. The molecule has 46 valence electrons. The van der Waals surface area contributed by atoms with Gasteiger partial charge in [0.25, 0.3) is 0 Å². The molecule has 1 rings (SSSR count). The average molecular weight is 129 g/mol. The Bertz CT molecular complexity index is 78.6. The number of nitrogens with zero attached hydrogens (tertiary/aromatic N) is 1. The van der Waals surface area contributed by atoms with Gasteiger partial charge in [-0.15, -0.1) is 6.58 Å². The summed E-state index contributed by atoms with van der Waals surface area (Å²) < 4.78 is 2.36. The molecule has 0 amide bonds. The van der Waals surface area contributed by atoms with Crippen LogP contribution in [-0.4, -0.2) is 23.1 Å². The predicted octanol–water partition coefficient (Wildman–Crippen LogP) is 1.53. The first-order valence-electron chi connectivity index (χ1n) is 2.92. The summed E-state index contributed by atoms with van der Waals surface area (Å²) in [4.78, 5) is 0. The second-order valence-corrected chi connectivity index (χ2v) is 2.97. The highest BCUT2D eigenvalue weighted by atomic mass is 32.2. The number of hydrogen-bond acceptors (Lipinski definition) is 2. The lowest BCUT2D eigenvalue weighted by Gasteiger charge is -2.28. The monoisotopic (exact) mass is 129 g/mol. The van der Waals surface area contributed by atoms with Gasteiger partial charge in [-0.3, -0.25) is 4.31 Å². The molecule has 2 heteroatoms. The zero-order valence-electron chi connectivity index (χ0n) is 4.97. The maximum atomic E-state index is 3.64. The van der Waals surface area contributed by atoms with E-state index in [1.54, 1.807) is 0 Å². The predicted molar refractivity (Wildman–Crippen MR) is 38.8 cm³/mol. The van der Waals surface area contributed by atoms with Gasteiger partial charge in [0, 0.05) is 18.8 Å². The van der Waals surface area contributed by atoms with Gasteiger partial charge < -0.3 is 0 Å². The highest BCUT2D eigenvalue weighted by molar-refractivity contribution is 7.97. The minimum absolute atomic E-state index is 1.07. The van der Waals surface area contributed by atoms with Crippen molar-refractivity contribution in [2.24, 2.45) is 0 Å². The number of hydrogen-bond donors (Lipinski definition) is 0. The topological polar surface area (TPSA) is 3.24 Å². The molecule has 1 saturated heterocycles. The van der Waals surface area contributed by atoms with Crippen LogP contribution in [0.1, 0.15) is 6.42 Å². The fourth-order valence-corrected chi connectivity index (χ4v) is 1.41. The minimum Gasteiger partial charge on any atom is -0.250 e. The first-order valence-corrected chi connectivity index (χ1v) is 3.86. The number of rotatable bonds is 3. The quantitative estimate of drug-likeness (QED) is 0.420. The third-order valence-corrected chi connectivity index (χ3v) is 2.31. The van der Waals surface area contributed by atoms with E-state index in [-0.39, 0.29) is 0 Å². The molecule has 0 saturated carbocycles. The van der Waals surface area contributed by atoms with Gasteiger partial charge in [-0.05, 0) is 6.42 Å². The Labute approximate surface area is 54.9 Å². The average Bonchev–Trinajstić information content (AvgIpc) is 1.63. The summed E-state index contributed by atoms with van der Waals surface area (Å²) in [6, 6.07) is 0. The third kappa shape index (κ3) is 1.53. The van der Waals surface area contributed by atoms with Crippen molar-refractivity contribution in [3.8, 4) is 0 Å². The first-order chi connectivity index (χ1) is 3.93. The smallest absolute Gasteiger partial charge is 0.0259 e. The second-order valence-electron chi connectivity index (χ2n) is 1.87. The standard InChI is InChI=1S/C6H11NS/c1-2-6-8-7-4-3-5-7/h2H,1,3-6H2. The SMILES string of the molecule is C=CCSN1CCC1. The molecule has 0 unspecified atom stereocenters. The van der Waals surface area contributed by atoms with Crippen molar-refractivity contribution in [2.45, 2.75) is 6.42 Å². The van der Waals surface area contributed by atoms with E-state index in [4.69, 9.17) is 0 Å². The molecule has 0 aromatic rings. The maximum absolute atomic E-state index is 3.64. The molecule has 0 aromatic heterocycles. The van der Waals surface area contributed by atoms with Gasteiger partial charge in [-0.25, -0.2) is 0 Å². The Morgan fingerprint density at radius 3 is 2.75 bits per heavy atom. The Hall–Kier alpha value is 0.0500. The van der Waals surface area contributed by atoms with E-state index < -0.39 is 0 Å². The fraction of sp³-hybridized carbons (Fsp3) is 0.667. The van der Waals surface area contributed by atoms with Crippen LogP contribution in [0.3, 0.4) is 0 Å². The van der Waals surface area contributed by atoms with E-state index in [1.165, 1.54) is 19.5 Å².